The van der Waals surface area contributed by atoms with Crippen molar-refractivity contribution in [3.63, 3.8) is 0 Å². The molecule has 1 N–H and O–H groups in total. The maximum atomic E-state index is 13.0. The number of carbonyl (C=O) groups is 1. The monoisotopic (exact) mass is 382 g/mol. The van der Waals surface area contributed by atoms with E-state index in [9.17, 15) is 4.79 Å². The fraction of sp³-hybridized carbons (Fsp3) is 0.125. The van der Waals surface area contributed by atoms with Crippen LogP contribution in [-0.2, 0) is 6.42 Å². The summed E-state index contributed by atoms with van der Waals surface area (Å²) in [7, 11) is 0. The third kappa shape index (κ3) is 3.80. The number of hydrogen-bond acceptors (Lipinski definition) is 3. The van der Waals surface area contributed by atoms with Gasteiger partial charge in [-0.2, -0.15) is 0 Å². The molecule has 0 aliphatic rings. The number of aryl methyl sites for hydroxylation is 2. The van der Waals surface area contributed by atoms with E-state index >= 15 is 0 Å². The van der Waals surface area contributed by atoms with Crippen LogP contribution in [0.25, 0.3) is 17.1 Å². The largest absolute Gasteiger partial charge is 0.319 e. The third-order valence-corrected chi connectivity index (χ3v) is 4.82. The van der Waals surface area contributed by atoms with Crippen molar-refractivity contribution in [1.29, 1.82) is 0 Å². The second-order valence-electron chi connectivity index (χ2n) is 6.79. The SMILES string of the molecule is CCc1cccc(C)c1NC(=O)c1nc(-c2ccccc2)n(-c2ccccc2)n1. The Kier molecular flexibility index (Phi) is 5.20. The molecule has 0 bridgehead atoms. The van der Waals surface area contributed by atoms with Gasteiger partial charge in [0.05, 0.1) is 5.69 Å². The molecule has 4 aromatic rings. The molecule has 5 nitrogen and oxygen atoms in total. The molecule has 0 saturated carbocycles. The minimum atomic E-state index is -0.319. The van der Waals surface area contributed by atoms with E-state index in [4.69, 9.17) is 0 Å². The molecule has 0 saturated heterocycles. The zero-order chi connectivity index (χ0) is 20.2. The standard InChI is InChI=1S/C24H22N4O/c1-3-18-14-10-11-17(2)21(18)25-24(29)22-26-23(19-12-6-4-7-13-19)28(27-22)20-15-8-5-9-16-20/h4-16H,3H2,1-2H3,(H,25,29). The van der Waals surface area contributed by atoms with Crippen LogP contribution in [0, 0.1) is 6.92 Å². The van der Waals surface area contributed by atoms with Crippen LogP contribution in [0.5, 0.6) is 0 Å². The van der Waals surface area contributed by atoms with Gasteiger partial charge in [0.15, 0.2) is 5.82 Å². The minimum absolute atomic E-state index is 0.137. The first-order chi connectivity index (χ1) is 14.2. The van der Waals surface area contributed by atoms with E-state index in [2.05, 4.69) is 22.3 Å². The molecule has 1 aromatic heterocycles. The first-order valence-corrected chi connectivity index (χ1v) is 9.65. The summed E-state index contributed by atoms with van der Waals surface area (Å²) in [5.74, 6) is 0.446. The van der Waals surface area contributed by atoms with Crippen LogP contribution in [0.15, 0.2) is 78.9 Å². The van der Waals surface area contributed by atoms with Crippen molar-refractivity contribution in [3.8, 4) is 17.1 Å². The zero-order valence-electron chi connectivity index (χ0n) is 16.5. The first-order valence-electron chi connectivity index (χ1n) is 9.65. The molecular formula is C24H22N4O. The molecule has 0 spiro atoms. The molecule has 4 rings (SSSR count). The number of carbonyl (C=O) groups excluding carboxylic acids is 1. The maximum absolute atomic E-state index is 13.0. The number of para-hydroxylation sites is 2. The third-order valence-electron chi connectivity index (χ3n) is 4.82. The van der Waals surface area contributed by atoms with Crippen molar-refractivity contribution in [1.82, 2.24) is 14.8 Å². The van der Waals surface area contributed by atoms with E-state index in [-0.39, 0.29) is 11.7 Å². The molecule has 0 unspecified atom stereocenters. The number of rotatable bonds is 5. The Morgan fingerprint density at radius 2 is 1.62 bits per heavy atom. The second-order valence-corrected chi connectivity index (χ2v) is 6.79. The van der Waals surface area contributed by atoms with Crippen LogP contribution < -0.4 is 5.32 Å². The van der Waals surface area contributed by atoms with Crippen molar-refractivity contribution in [3.05, 3.63) is 95.8 Å². The summed E-state index contributed by atoms with van der Waals surface area (Å²) in [6.45, 7) is 4.06. The predicted molar refractivity (Wildman–Crippen MR) is 115 cm³/mol. The van der Waals surface area contributed by atoms with Gasteiger partial charge in [0.25, 0.3) is 5.91 Å². The van der Waals surface area contributed by atoms with Gasteiger partial charge in [-0.15, -0.1) is 5.10 Å². The number of hydrogen-bond donors (Lipinski definition) is 1. The van der Waals surface area contributed by atoms with Gasteiger partial charge < -0.3 is 5.32 Å². The van der Waals surface area contributed by atoms with Crippen LogP contribution in [0.1, 0.15) is 28.7 Å². The molecule has 0 aliphatic carbocycles. The summed E-state index contributed by atoms with van der Waals surface area (Å²) >= 11 is 0. The van der Waals surface area contributed by atoms with Crippen LogP contribution in [0.3, 0.4) is 0 Å². The van der Waals surface area contributed by atoms with E-state index in [0.717, 1.165) is 34.5 Å². The molecule has 3 aromatic carbocycles. The highest BCUT2D eigenvalue weighted by Crippen LogP contribution is 2.24. The van der Waals surface area contributed by atoms with Gasteiger partial charge in [-0.05, 0) is 36.6 Å². The van der Waals surface area contributed by atoms with Gasteiger partial charge in [-0.1, -0.05) is 73.7 Å². The Labute approximate surface area is 170 Å². The molecule has 1 heterocycles. The molecule has 5 heteroatoms. The van der Waals surface area contributed by atoms with E-state index in [1.807, 2.05) is 85.8 Å². The van der Waals surface area contributed by atoms with Crippen LogP contribution in [0.2, 0.25) is 0 Å². The Balaban J connectivity index is 1.76. The van der Waals surface area contributed by atoms with Gasteiger partial charge >= 0.3 is 0 Å². The smallest absolute Gasteiger partial charge is 0.295 e. The van der Waals surface area contributed by atoms with Gasteiger partial charge in [-0.3, -0.25) is 4.79 Å². The predicted octanol–water partition coefficient (Wildman–Crippen LogP) is 5.06. The molecule has 0 atom stereocenters. The van der Waals surface area contributed by atoms with E-state index in [1.165, 1.54) is 0 Å². The average Bonchev–Trinajstić information content (AvgIpc) is 3.22. The minimum Gasteiger partial charge on any atom is -0.319 e. The molecule has 144 valence electrons. The molecule has 0 fully saturated rings. The van der Waals surface area contributed by atoms with E-state index in [0.29, 0.717) is 5.82 Å². The highest BCUT2D eigenvalue weighted by atomic mass is 16.2. The van der Waals surface area contributed by atoms with Crippen molar-refractivity contribution >= 4 is 11.6 Å². The number of aromatic nitrogens is 3. The van der Waals surface area contributed by atoms with Crippen LogP contribution in [0.4, 0.5) is 5.69 Å². The van der Waals surface area contributed by atoms with Crippen LogP contribution in [-0.4, -0.2) is 20.7 Å². The summed E-state index contributed by atoms with van der Waals surface area (Å²) in [6, 6.07) is 25.5. The number of nitrogens with zero attached hydrogens (tertiary/aromatic N) is 3. The maximum Gasteiger partial charge on any atom is 0.295 e. The Morgan fingerprint density at radius 3 is 2.31 bits per heavy atom. The Morgan fingerprint density at radius 1 is 0.931 bits per heavy atom. The number of amides is 1. The Bertz CT molecular complexity index is 1080. The molecule has 0 radical (unpaired) electrons. The fourth-order valence-electron chi connectivity index (χ4n) is 3.30. The van der Waals surface area contributed by atoms with Crippen molar-refractivity contribution in [2.45, 2.75) is 20.3 Å². The quantitative estimate of drug-likeness (QED) is 0.525. The molecule has 1 amide bonds. The zero-order valence-corrected chi connectivity index (χ0v) is 16.5. The van der Waals surface area contributed by atoms with Crippen molar-refractivity contribution < 1.29 is 4.79 Å². The van der Waals surface area contributed by atoms with Gasteiger partial charge in [-0.25, -0.2) is 9.67 Å². The van der Waals surface area contributed by atoms with Gasteiger partial charge in [0.2, 0.25) is 5.82 Å². The highest BCUT2D eigenvalue weighted by molar-refractivity contribution is 6.02. The topological polar surface area (TPSA) is 59.8 Å². The number of nitrogens with one attached hydrogen (secondary N) is 1. The lowest BCUT2D eigenvalue weighted by atomic mass is 10.1. The lowest BCUT2D eigenvalue weighted by Gasteiger charge is -2.11. The summed E-state index contributed by atoms with van der Waals surface area (Å²) in [4.78, 5) is 17.6. The lowest BCUT2D eigenvalue weighted by Crippen LogP contribution is -2.16. The van der Waals surface area contributed by atoms with Crippen molar-refractivity contribution in [2.75, 3.05) is 5.32 Å². The average molecular weight is 382 g/mol. The van der Waals surface area contributed by atoms with E-state index < -0.39 is 0 Å². The summed E-state index contributed by atoms with van der Waals surface area (Å²) in [6.07, 6.45) is 0.832. The molecule has 0 aliphatic heterocycles. The number of benzene rings is 3. The molecule has 29 heavy (non-hydrogen) atoms. The highest BCUT2D eigenvalue weighted by Gasteiger charge is 2.20. The Hall–Kier alpha value is -3.73. The molecular weight excluding hydrogens is 360 g/mol. The summed E-state index contributed by atoms with van der Waals surface area (Å²) < 4.78 is 1.71. The van der Waals surface area contributed by atoms with Gasteiger partial charge in [0.1, 0.15) is 0 Å². The normalized spacial score (nSPS) is 10.7. The second kappa shape index (κ2) is 8.10. The lowest BCUT2D eigenvalue weighted by molar-refractivity contribution is 0.101. The van der Waals surface area contributed by atoms with E-state index in [1.54, 1.807) is 4.68 Å². The van der Waals surface area contributed by atoms with Crippen LogP contribution >= 0.6 is 0 Å². The van der Waals surface area contributed by atoms with Gasteiger partial charge in [0, 0.05) is 11.3 Å². The first kappa shape index (κ1) is 18.6. The fourth-order valence-corrected chi connectivity index (χ4v) is 3.30. The summed E-state index contributed by atoms with van der Waals surface area (Å²) in [5, 5.41) is 7.54. The number of anilines is 1. The van der Waals surface area contributed by atoms with Crippen molar-refractivity contribution in [2.24, 2.45) is 0 Å². The summed E-state index contributed by atoms with van der Waals surface area (Å²) in [5.41, 5.74) is 4.68.